The number of ether oxygens (including phenoxy) is 1. The molecule has 3 heterocycles. The van der Waals surface area contributed by atoms with Gasteiger partial charge >= 0.3 is 0 Å². The Labute approximate surface area is 157 Å². The molecule has 3 aromatic heterocycles. The van der Waals surface area contributed by atoms with Gasteiger partial charge in [-0.1, -0.05) is 18.2 Å². The molecule has 0 radical (unpaired) electrons. The average molecular weight is 379 g/mol. The molecule has 4 aromatic rings. The van der Waals surface area contributed by atoms with E-state index in [0.717, 1.165) is 22.1 Å². The summed E-state index contributed by atoms with van der Waals surface area (Å²) in [6.07, 6.45) is 4.92. The van der Waals surface area contributed by atoms with E-state index in [-0.39, 0.29) is 4.90 Å². The molecular weight excluding hydrogens is 362 g/mol. The van der Waals surface area contributed by atoms with Gasteiger partial charge in [0.15, 0.2) is 5.65 Å². The highest BCUT2D eigenvalue weighted by atomic mass is 32.2. The lowest BCUT2D eigenvalue weighted by atomic mass is 10.0. The van der Waals surface area contributed by atoms with Crippen LogP contribution in [0.3, 0.4) is 0 Å². The van der Waals surface area contributed by atoms with Gasteiger partial charge in [-0.2, -0.15) is 0 Å². The van der Waals surface area contributed by atoms with Gasteiger partial charge in [0.2, 0.25) is 5.88 Å². The third-order valence-electron chi connectivity index (χ3n) is 4.40. The molecule has 0 bridgehead atoms. The van der Waals surface area contributed by atoms with Gasteiger partial charge < -0.3 is 4.74 Å². The quantitative estimate of drug-likeness (QED) is 0.541. The lowest BCUT2D eigenvalue weighted by Crippen LogP contribution is -2.12. The number of aryl methyl sites for hydroxylation is 1. The Balaban J connectivity index is 1.81. The predicted molar refractivity (Wildman–Crippen MR) is 103 cm³/mol. The number of hydrogen-bond acceptors (Lipinski definition) is 5. The molecule has 0 N–H and O–H groups in total. The number of nitrogens with zero attached hydrogens (tertiary/aromatic N) is 3. The first-order valence-electron chi connectivity index (χ1n) is 8.29. The molecule has 0 saturated carbocycles. The third kappa shape index (κ3) is 2.96. The van der Waals surface area contributed by atoms with Crippen LogP contribution >= 0.6 is 0 Å². The van der Waals surface area contributed by atoms with Crippen LogP contribution in [-0.2, 0) is 10.0 Å². The highest BCUT2D eigenvalue weighted by Crippen LogP contribution is 2.28. The van der Waals surface area contributed by atoms with Crippen LogP contribution in [0, 0.1) is 6.92 Å². The summed E-state index contributed by atoms with van der Waals surface area (Å²) in [4.78, 5) is 8.89. The molecule has 0 aliphatic heterocycles. The molecule has 0 saturated heterocycles. The summed E-state index contributed by atoms with van der Waals surface area (Å²) in [6.45, 7) is 1.97. The molecule has 1 aromatic carbocycles. The van der Waals surface area contributed by atoms with Crippen molar-refractivity contribution in [2.75, 3.05) is 7.11 Å². The molecule has 0 spiro atoms. The standard InChI is InChI=1S/C20H17N3O3S/c1-14-10-19(26-2)21-13-18(14)16-11-15-8-9-23(20(15)22-12-16)27(24,25)17-6-4-3-5-7-17/h3-13H,1-2H3. The van der Waals surface area contributed by atoms with Gasteiger partial charge in [-0.3, -0.25) is 0 Å². The van der Waals surface area contributed by atoms with Crippen LogP contribution in [0.15, 0.2) is 72.0 Å². The maximum atomic E-state index is 12.9. The van der Waals surface area contributed by atoms with Crippen molar-refractivity contribution in [2.24, 2.45) is 0 Å². The first kappa shape index (κ1) is 17.2. The predicted octanol–water partition coefficient (Wildman–Crippen LogP) is 3.65. The van der Waals surface area contributed by atoms with Crippen molar-refractivity contribution >= 4 is 21.1 Å². The molecule has 0 fully saturated rings. The number of aromatic nitrogens is 3. The van der Waals surface area contributed by atoms with Crippen molar-refractivity contribution in [3.63, 3.8) is 0 Å². The van der Waals surface area contributed by atoms with Crippen molar-refractivity contribution < 1.29 is 13.2 Å². The lowest BCUT2D eigenvalue weighted by Gasteiger charge is -2.09. The molecule has 7 heteroatoms. The average Bonchev–Trinajstić information content (AvgIpc) is 3.12. The molecule has 0 unspecified atom stereocenters. The lowest BCUT2D eigenvalue weighted by molar-refractivity contribution is 0.397. The van der Waals surface area contributed by atoms with E-state index in [2.05, 4.69) is 9.97 Å². The molecule has 0 aliphatic carbocycles. The van der Waals surface area contributed by atoms with Crippen molar-refractivity contribution in [1.82, 2.24) is 13.9 Å². The van der Waals surface area contributed by atoms with E-state index in [1.54, 1.807) is 55.9 Å². The normalized spacial score (nSPS) is 11.6. The van der Waals surface area contributed by atoms with Gasteiger partial charge in [0.05, 0.1) is 12.0 Å². The third-order valence-corrected chi connectivity index (χ3v) is 6.08. The summed E-state index contributed by atoms with van der Waals surface area (Å²) < 4.78 is 32.1. The van der Waals surface area contributed by atoms with Crippen LogP contribution < -0.4 is 4.74 Å². The zero-order valence-corrected chi connectivity index (χ0v) is 15.6. The van der Waals surface area contributed by atoms with E-state index < -0.39 is 10.0 Å². The molecule has 0 aliphatic rings. The molecule has 6 nitrogen and oxygen atoms in total. The zero-order valence-electron chi connectivity index (χ0n) is 14.8. The maximum Gasteiger partial charge on any atom is 0.269 e. The van der Waals surface area contributed by atoms with Crippen LogP contribution in [0.5, 0.6) is 5.88 Å². The minimum absolute atomic E-state index is 0.226. The summed E-state index contributed by atoms with van der Waals surface area (Å²) in [5, 5.41) is 0.738. The minimum Gasteiger partial charge on any atom is -0.481 e. The SMILES string of the molecule is COc1cc(C)c(-c2cnc3c(ccn3S(=O)(=O)c3ccccc3)c2)cn1. The fourth-order valence-electron chi connectivity index (χ4n) is 2.99. The Bertz CT molecular complexity index is 1230. The Morgan fingerprint density at radius 1 is 1.00 bits per heavy atom. The monoisotopic (exact) mass is 379 g/mol. The number of fused-ring (bicyclic) bond motifs is 1. The Hall–Kier alpha value is -3.19. The van der Waals surface area contributed by atoms with Crippen molar-refractivity contribution in [2.45, 2.75) is 11.8 Å². The van der Waals surface area contributed by atoms with Gasteiger partial charge in [0.1, 0.15) is 0 Å². The number of benzene rings is 1. The molecular formula is C20H17N3O3S. The zero-order chi connectivity index (χ0) is 19.0. The molecule has 4 rings (SSSR count). The van der Waals surface area contributed by atoms with E-state index in [9.17, 15) is 8.42 Å². The highest BCUT2D eigenvalue weighted by Gasteiger charge is 2.19. The maximum absolute atomic E-state index is 12.9. The van der Waals surface area contributed by atoms with E-state index in [1.165, 1.54) is 10.2 Å². The van der Waals surface area contributed by atoms with Crippen LogP contribution in [0.4, 0.5) is 0 Å². The highest BCUT2D eigenvalue weighted by molar-refractivity contribution is 7.90. The van der Waals surface area contributed by atoms with Crippen LogP contribution in [0.25, 0.3) is 22.2 Å². The Morgan fingerprint density at radius 3 is 2.48 bits per heavy atom. The van der Waals surface area contributed by atoms with Crippen molar-refractivity contribution in [3.8, 4) is 17.0 Å². The topological polar surface area (TPSA) is 74.1 Å². The van der Waals surface area contributed by atoms with Gasteiger partial charge in [-0.05, 0) is 36.8 Å². The molecule has 27 heavy (non-hydrogen) atoms. The first-order chi connectivity index (χ1) is 13.0. The Kier molecular flexibility index (Phi) is 4.16. The number of methoxy groups -OCH3 is 1. The molecule has 136 valence electrons. The number of pyridine rings is 2. The second kappa shape index (κ2) is 6.51. The van der Waals surface area contributed by atoms with E-state index in [1.807, 2.05) is 19.1 Å². The van der Waals surface area contributed by atoms with Gasteiger partial charge in [-0.25, -0.2) is 22.4 Å². The fourth-order valence-corrected chi connectivity index (χ4v) is 4.32. The van der Waals surface area contributed by atoms with E-state index in [4.69, 9.17) is 4.74 Å². The van der Waals surface area contributed by atoms with Gasteiger partial charge in [-0.15, -0.1) is 0 Å². The fraction of sp³-hybridized carbons (Fsp3) is 0.100. The van der Waals surface area contributed by atoms with E-state index in [0.29, 0.717) is 11.5 Å². The van der Waals surface area contributed by atoms with Crippen LogP contribution in [-0.4, -0.2) is 29.5 Å². The smallest absolute Gasteiger partial charge is 0.269 e. The Morgan fingerprint density at radius 2 is 1.78 bits per heavy atom. The van der Waals surface area contributed by atoms with Gasteiger partial charge in [0, 0.05) is 41.2 Å². The van der Waals surface area contributed by atoms with Gasteiger partial charge in [0.25, 0.3) is 10.0 Å². The summed E-state index contributed by atoms with van der Waals surface area (Å²) in [7, 11) is -2.12. The van der Waals surface area contributed by atoms with E-state index >= 15 is 0 Å². The number of rotatable bonds is 4. The van der Waals surface area contributed by atoms with Crippen LogP contribution in [0.1, 0.15) is 5.56 Å². The summed E-state index contributed by atoms with van der Waals surface area (Å²) in [6, 6.07) is 13.8. The minimum atomic E-state index is -3.69. The second-order valence-electron chi connectivity index (χ2n) is 6.11. The number of hydrogen-bond donors (Lipinski definition) is 0. The summed E-state index contributed by atoms with van der Waals surface area (Å²) in [5.74, 6) is 0.547. The van der Waals surface area contributed by atoms with Crippen molar-refractivity contribution in [3.05, 3.63) is 72.7 Å². The summed E-state index contributed by atoms with van der Waals surface area (Å²) >= 11 is 0. The molecule has 0 amide bonds. The molecule has 0 atom stereocenters. The second-order valence-corrected chi connectivity index (χ2v) is 7.92. The van der Waals surface area contributed by atoms with Crippen molar-refractivity contribution in [1.29, 1.82) is 0 Å². The first-order valence-corrected chi connectivity index (χ1v) is 9.73. The van der Waals surface area contributed by atoms with Crippen LogP contribution in [0.2, 0.25) is 0 Å². The largest absolute Gasteiger partial charge is 0.481 e. The summed E-state index contributed by atoms with van der Waals surface area (Å²) in [5.41, 5.74) is 3.18.